The maximum atomic E-state index is 12.4. The van der Waals surface area contributed by atoms with Crippen LogP contribution in [0.5, 0.6) is 0 Å². The van der Waals surface area contributed by atoms with E-state index in [9.17, 15) is 9.59 Å². The van der Waals surface area contributed by atoms with Gasteiger partial charge in [0.05, 0.1) is 6.42 Å². The van der Waals surface area contributed by atoms with E-state index in [1.54, 1.807) is 11.3 Å². The number of nitrogens with zero attached hydrogens (tertiary/aromatic N) is 3. The Bertz CT molecular complexity index is 956. The van der Waals surface area contributed by atoms with Gasteiger partial charge in [-0.3, -0.25) is 9.59 Å². The van der Waals surface area contributed by atoms with Gasteiger partial charge in [0.2, 0.25) is 17.5 Å². The zero-order valence-corrected chi connectivity index (χ0v) is 17.0. The zero-order valence-electron chi connectivity index (χ0n) is 16.2. The van der Waals surface area contributed by atoms with Gasteiger partial charge in [-0.05, 0) is 37.8 Å². The lowest BCUT2D eigenvalue weighted by molar-refractivity contribution is -0.142. The van der Waals surface area contributed by atoms with E-state index in [4.69, 9.17) is 9.26 Å². The number of ether oxygens (including phenoxy) is 1. The second-order valence-corrected chi connectivity index (χ2v) is 7.32. The Hall–Kier alpha value is -2.74. The smallest absolute Gasteiger partial charge is 0.306 e. The van der Waals surface area contributed by atoms with Crippen LogP contribution in [0.3, 0.4) is 0 Å². The van der Waals surface area contributed by atoms with Crippen molar-refractivity contribution in [2.45, 2.75) is 46.6 Å². The number of carbonyl (C=O) groups is 2. The molecule has 3 rings (SSSR count). The molecular formula is C20H23N3O4S. The van der Waals surface area contributed by atoms with Crippen LogP contribution in [-0.2, 0) is 22.5 Å². The second-order valence-electron chi connectivity index (χ2n) is 6.54. The summed E-state index contributed by atoms with van der Waals surface area (Å²) < 4.78 is 12.4. The predicted molar refractivity (Wildman–Crippen MR) is 105 cm³/mol. The van der Waals surface area contributed by atoms with Gasteiger partial charge in [-0.25, -0.2) is 0 Å². The minimum absolute atomic E-state index is 0.0768. The lowest BCUT2D eigenvalue weighted by atomic mass is 10.1. The SMILES string of the molecule is CCCn1c(C)cc(C(=O)COC(=O)CCc2nc(-c3ccsc3)no2)c1C. The third-order valence-corrected chi connectivity index (χ3v) is 5.16. The minimum Gasteiger partial charge on any atom is -0.457 e. The number of thiophene rings is 1. The Morgan fingerprint density at radius 3 is 2.86 bits per heavy atom. The molecule has 0 aromatic carbocycles. The van der Waals surface area contributed by atoms with Crippen LogP contribution in [-0.4, -0.2) is 33.1 Å². The van der Waals surface area contributed by atoms with Crippen LogP contribution in [0, 0.1) is 13.8 Å². The van der Waals surface area contributed by atoms with E-state index < -0.39 is 5.97 Å². The molecule has 148 valence electrons. The van der Waals surface area contributed by atoms with Gasteiger partial charge >= 0.3 is 5.97 Å². The Kier molecular flexibility index (Phi) is 6.41. The molecule has 0 fully saturated rings. The van der Waals surface area contributed by atoms with Crippen LogP contribution in [0.4, 0.5) is 0 Å². The van der Waals surface area contributed by atoms with Crippen LogP contribution < -0.4 is 0 Å². The Morgan fingerprint density at radius 2 is 2.14 bits per heavy atom. The number of carbonyl (C=O) groups excluding carboxylic acids is 2. The van der Waals surface area contributed by atoms with Gasteiger partial charge in [0.15, 0.2) is 6.61 Å². The normalized spacial score (nSPS) is 11.0. The molecule has 0 amide bonds. The lowest BCUT2D eigenvalue weighted by Gasteiger charge is -2.08. The number of aromatic nitrogens is 3. The molecule has 0 saturated heterocycles. The number of Topliss-reactive ketones (excluding diaryl/α,β-unsaturated/α-hetero) is 1. The standard InChI is InChI=1S/C20H23N3O4S/c1-4-8-23-13(2)10-16(14(23)3)17(24)11-26-19(25)6-5-18-21-20(22-27-18)15-7-9-28-12-15/h7,9-10,12H,4-6,8,11H2,1-3H3. The van der Waals surface area contributed by atoms with E-state index in [1.165, 1.54) is 0 Å². The van der Waals surface area contributed by atoms with Crippen molar-refractivity contribution in [3.05, 3.63) is 45.7 Å². The largest absolute Gasteiger partial charge is 0.457 e. The first kappa shape index (κ1) is 20.0. The van der Waals surface area contributed by atoms with Gasteiger partial charge < -0.3 is 13.8 Å². The summed E-state index contributed by atoms with van der Waals surface area (Å²) in [7, 11) is 0. The molecule has 3 aromatic rings. The summed E-state index contributed by atoms with van der Waals surface area (Å²) in [6.07, 6.45) is 1.34. The number of rotatable bonds is 9. The molecule has 0 bridgehead atoms. The molecule has 0 saturated carbocycles. The first-order valence-electron chi connectivity index (χ1n) is 9.20. The highest BCUT2D eigenvalue weighted by molar-refractivity contribution is 7.08. The summed E-state index contributed by atoms with van der Waals surface area (Å²) in [5, 5.41) is 7.75. The van der Waals surface area contributed by atoms with E-state index in [-0.39, 0.29) is 25.2 Å². The molecule has 3 aromatic heterocycles. The molecule has 0 radical (unpaired) electrons. The van der Waals surface area contributed by atoms with Crippen molar-refractivity contribution >= 4 is 23.1 Å². The Morgan fingerprint density at radius 1 is 1.32 bits per heavy atom. The van der Waals surface area contributed by atoms with E-state index in [0.29, 0.717) is 17.3 Å². The fourth-order valence-electron chi connectivity index (χ4n) is 3.02. The van der Waals surface area contributed by atoms with Crippen LogP contribution in [0.1, 0.15) is 47.4 Å². The molecule has 0 spiro atoms. The average molecular weight is 401 g/mol. The molecule has 0 aliphatic rings. The van der Waals surface area contributed by atoms with Crippen molar-refractivity contribution in [2.75, 3.05) is 6.61 Å². The van der Waals surface area contributed by atoms with Gasteiger partial charge in [-0.1, -0.05) is 12.1 Å². The topological polar surface area (TPSA) is 87.2 Å². The Labute approximate surface area is 167 Å². The monoisotopic (exact) mass is 401 g/mol. The quantitative estimate of drug-likeness (QED) is 0.398. The maximum Gasteiger partial charge on any atom is 0.306 e. The van der Waals surface area contributed by atoms with Crippen LogP contribution >= 0.6 is 11.3 Å². The van der Waals surface area contributed by atoms with E-state index in [2.05, 4.69) is 21.6 Å². The van der Waals surface area contributed by atoms with Crippen molar-refractivity contribution in [1.82, 2.24) is 14.7 Å². The number of esters is 1. The number of aryl methyl sites for hydroxylation is 2. The minimum atomic E-state index is -0.467. The highest BCUT2D eigenvalue weighted by Crippen LogP contribution is 2.19. The predicted octanol–water partition coefficient (Wildman–Crippen LogP) is 3.99. The highest BCUT2D eigenvalue weighted by atomic mass is 32.1. The molecule has 28 heavy (non-hydrogen) atoms. The van der Waals surface area contributed by atoms with Gasteiger partial charge in [0, 0.05) is 40.9 Å². The van der Waals surface area contributed by atoms with E-state index >= 15 is 0 Å². The van der Waals surface area contributed by atoms with Gasteiger partial charge in [0.1, 0.15) is 0 Å². The summed E-state index contributed by atoms with van der Waals surface area (Å²) in [6, 6.07) is 3.75. The lowest BCUT2D eigenvalue weighted by Crippen LogP contribution is -2.15. The second kappa shape index (κ2) is 8.97. The highest BCUT2D eigenvalue weighted by Gasteiger charge is 2.18. The number of hydrogen-bond donors (Lipinski definition) is 0. The Balaban J connectivity index is 1.49. The van der Waals surface area contributed by atoms with Crippen molar-refractivity contribution in [1.29, 1.82) is 0 Å². The fraction of sp³-hybridized carbons (Fsp3) is 0.400. The van der Waals surface area contributed by atoms with Crippen molar-refractivity contribution in [3.63, 3.8) is 0 Å². The maximum absolute atomic E-state index is 12.4. The summed E-state index contributed by atoms with van der Waals surface area (Å²) >= 11 is 1.55. The summed E-state index contributed by atoms with van der Waals surface area (Å²) in [5.41, 5.74) is 3.43. The average Bonchev–Trinajstić information content (AvgIpc) is 3.41. The summed E-state index contributed by atoms with van der Waals surface area (Å²) in [6.45, 7) is 6.58. The van der Waals surface area contributed by atoms with Crippen LogP contribution in [0.25, 0.3) is 11.4 Å². The molecule has 0 N–H and O–H groups in total. The number of ketones is 1. The first-order chi connectivity index (χ1) is 13.5. The van der Waals surface area contributed by atoms with Crippen molar-refractivity contribution in [3.8, 4) is 11.4 Å². The summed E-state index contributed by atoms with van der Waals surface area (Å²) in [4.78, 5) is 28.7. The third kappa shape index (κ3) is 4.56. The fourth-order valence-corrected chi connectivity index (χ4v) is 3.66. The van der Waals surface area contributed by atoms with Gasteiger partial charge in [-0.15, -0.1) is 0 Å². The molecule has 3 heterocycles. The van der Waals surface area contributed by atoms with Crippen LogP contribution in [0.2, 0.25) is 0 Å². The van der Waals surface area contributed by atoms with Crippen molar-refractivity contribution in [2.24, 2.45) is 0 Å². The molecule has 0 aliphatic carbocycles. The molecule has 0 unspecified atom stereocenters. The summed E-state index contributed by atoms with van der Waals surface area (Å²) in [5.74, 6) is 0.210. The van der Waals surface area contributed by atoms with Gasteiger partial charge in [-0.2, -0.15) is 16.3 Å². The van der Waals surface area contributed by atoms with Gasteiger partial charge in [0.25, 0.3) is 0 Å². The molecule has 8 heteroatoms. The third-order valence-electron chi connectivity index (χ3n) is 4.48. The van der Waals surface area contributed by atoms with Crippen LogP contribution in [0.15, 0.2) is 27.4 Å². The zero-order chi connectivity index (χ0) is 20.1. The van der Waals surface area contributed by atoms with Crippen molar-refractivity contribution < 1.29 is 18.8 Å². The molecule has 0 atom stereocenters. The van der Waals surface area contributed by atoms with E-state index in [1.807, 2.05) is 36.7 Å². The molecular weight excluding hydrogens is 378 g/mol. The first-order valence-corrected chi connectivity index (χ1v) is 10.1. The van der Waals surface area contributed by atoms with E-state index in [0.717, 1.165) is 29.9 Å². The number of hydrogen-bond acceptors (Lipinski definition) is 7. The molecule has 0 aliphatic heterocycles. The molecule has 7 nitrogen and oxygen atoms in total.